The standard InChI is InChI=1S/C14H19N3S2/c1-9(2)11-6-4-10(5-7-11)8-16-14-12(18-3)13(15)17-19-14/h4-7,9,16H,8H2,1-3H3,(H2,15,17). The Balaban J connectivity index is 2.02. The normalized spacial score (nSPS) is 10.9. The maximum atomic E-state index is 5.81. The van der Waals surface area contributed by atoms with Crippen molar-refractivity contribution >= 4 is 34.1 Å². The molecule has 0 radical (unpaired) electrons. The minimum Gasteiger partial charge on any atom is -0.382 e. The molecule has 0 aliphatic rings. The van der Waals surface area contributed by atoms with Crippen molar-refractivity contribution in [2.24, 2.45) is 0 Å². The third-order valence-corrected chi connectivity index (χ3v) is 4.75. The molecule has 1 heterocycles. The van der Waals surface area contributed by atoms with Gasteiger partial charge in [0, 0.05) is 6.54 Å². The second-order valence-electron chi connectivity index (χ2n) is 4.68. The van der Waals surface area contributed by atoms with Crippen molar-refractivity contribution in [1.82, 2.24) is 4.37 Å². The van der Waals surface area contributed by atoms with Gasteiger partial charge >= 0.3 is 0 Å². The highest BCUT2D eigenvalue weighted by atomic mass is 32.2. The first-order valence-corrected chi connectivity index (χ1v) is 8.23. The van der Waals surface area contributed by atoms with Gasteiger partial charge in [0.2, 0.25) is 0 Å². The van der Waals surface area contributed by atoms with Crippen LogP contribution in [0.5, 0.6) is 0 Å². The van der Waals surface area contributed by atoms with Crippen molar-refractivity contribution in [3.8, 4) is 0 Å². The lowest BCUT2D eigenvalue weighted by Gasteiger charge is -2.08. The van der Waals surface area contributed by atoms with E-state index in [1.807, 2.05) is 6.26 Å². The minimum absolute atomic E-state index is 0.575. The van der Waals surface area contributed by atoms with Gasteiger partial charge in [0.15, 0.2) is 5.82 Å². The molecule has 0 saturated carbocycles. The van der Waals surface area contributed by atoms with Crippen LogP contribution in [0, 0.1) is 0 Å². The van der Waals surface area contributed by atoms with Gasteiger partial charge in [-0.1, -0.05) is 38.1 Å². The summed E-state index contributed by atoms with van der Waals surface area (Å²) in [6.07, 6.45) is 2.02. The molecule has 0 aliphatic heterocycles. The summed E-state index contributed by atoms with van der Waals surface area (Å²) in [5, 5.41) is 4.46. The van der Waals surface area contributed by atoms with E-state index in [-0.39, 0.29) is 0 Å². The maximum Gasteiger partial charge on any atom is 0.153 e. The largest absolute Gasteiger partial charge is 0.382 e. The van der Waals surface area contributed by atoms with E-state index in [2.05, 4.69) is 47.8 Å². The lowest BCUT2D eigenvalue weighted by molar-refractivity contribution is 0.865. The zero-order valence-corrected chi connectivity index (χ0v) is 13.1. The number of aromatic nitrogens is 1. The number of nitrogens with one attached hydrogen (secondary N) is 1. The minimum atomic E-state index is 0.575. The van der Waals surface area contributed by atoms with Crippen LogP contribution in [-0.4, -0.2) is 10.6 Å². The van der Waals surface area contributed by atoms with E-state index < -0.39 is 0 Å². The molecular formula is C14H19N3S2. The van der Waals surface area contributed by atoms with Gasteiger partial charge in [0.1, 0.15) is 5.00 Å². The molecule has 3 N–H and O–H groups in total. The second-order valence-corrected chi connectivity index (χ2v) is 6.27. The quantitative estimate of drug-likeness (QED) is 0.812. The molecule has 3 nitrogen and oxygen atoms in total. The molecule has 2 rings (SSSR count). The van der Waals surface area contributed by atoms with Crippen molar-refractivity contribution in [3.63, 3.8) is 0 Å². The number of thioether (sulfide) groups is 1. The Kier molecular flexibility index (Phi) is 4.71. The molecule has 19 heavy (non-hydrogen) atoms. The van der Waals surface area contributed by atoms with Gasteiger partial charge in [-0.3, -0.25) is 0 Å². The van der Waals surface area contributed by atoms with Crippen LogP contribution >= 0.6 is 23.3 Å². The summed E-state index contributed by atoms with van der Waals surface area (Å²) in [4.78, 5) is 1.05. The third kappa shape index (κ3) is 3.42. The molecule has 0 amide bonds. The molecule has 0 aliphatic carbocycles. The highest BCUT2D eigenvalue weighted by Crippen LogP contribution is 2.34. The summed E-state index contributed by atoms with van der Waals surface area (Å²) < 4.78 is 4.17. The fourth-order valence-corrected chi connectivity index (χ4v) is 3.34. The summed E-state index contributed by atoms with van der Waals surface area (Å²) in [6, 6.07) is 8.73. The van der Waals surface area contributed by atoms with Crippen molar-refractivity contribution in [2.75, 3.05) is 17.3 Å². The number of anilines is 2. The molecule has 1 aromatic heterocycles. The average molecular weight is 293 g/mol. The van der Waals surface area contributed by atoms with Gasteiger partial charge in [-0.15, -0.1) is 11.8 Å². The zero-order valence-electron chi connectivity index (χ0n) is 11.4. The Morgan fingerprint density at radius 2 is 2.00 bits per heavy atom. The maximum absolute atomic E-state index is 5.81. The van der Waals surface area contributed by atoms with Crippen LogP contribution in [0.2, 0.25) is 0 Å². The van der Waals surface area contributed by atoms with E-state index in [1.54, 1.807) is 11.8 Å². The van der Waals surface area contributed by atoms with E-state index in [0.717, 1.165) is 16.4 Å². The van der Waals surface area contributed by atoms with Crippen LogP contribution in [0.25, 0.3) is 0 Å². The monoisotopic (exact) mass is 293 g/mol. The summed E-state index contributed by atoms with van der Waals surface area (Å²) in [5.74, 6) is 1.20. The number of hydrogen-bond acceptors (Lipinski definition) is 5. The number of nitrogens with zero attached hydrogens (tertiary/aromatic N) is 1. The van der Waals surface area contributed by atoms with Gasteiger partial charge in [-0.05, 0) is 34.8 Å². The first-order chi connectivity index (χ1) is 9.11. The van der Waals surface area contributed by atoms with Gasteiger partial charge in [0.05, 0.1) is 4.90 Å². The Hall–Kier alpha value is -1.20. The summed E-state index contributed by atoms with van der Waals surface area (Å²) >= 11 is 3.05. The van der Waals surface area contributed by atoms with Crippen molar-refractivity contribution in [2.45, 2.75) is 31.2 Å². The van der Waals surface area contributed by atoms with Crippen LogP contribution in [0.1, 0.15) is 30.9 Å². The third-order valence-electron chi connectivity index (χ3n) is 2.98. The molecule has 1 aromatic carbocycles. The Morgan fingerprint density at radius 1 is 1.32 bits per heavy atom. The molecule has 0 atom stereocenters. The SMILES string of the molecule is CSc1c(N)nsc1NCc1ccc(C(C)C)cc1. The van der Waals surface area contributed by atoms with E-state index in [9.17, 15) is 0 Å². The molecular weight excluding hydrogens is 274 g/mol. The van der Waals surface area contributed by atoms with Crippen molar-refractivity contribution in [1.29, 1.82) is 0 Å². The van der Waals surface area contributed by atoms with Gasteiger partial charge in [0.25, 0.3) is 0 Å². The number of benzene rings is 1. The fourth-order valence-electron chi connectivity index (χ4n) is 1.81. The summed E-state index contributed by atoms with van der Waals surface area (Å²) in [6.45, 7) is 5.21. The molecule has 0 bridgehead atoms. The van der Waals surface area contributed by atoms with Crippen LogP contribution in [0.15, 0.2) is 29.2 Å². The molecule has 0 spiro atoms. The van der Waals surface area contributed by atoms with Crippen LogP contribution in [0.4, 0.5) is 10.8 Å². The number of hydrogen-bond donors (Lipinski definition) is 2. The number of rotatable bonds is 5. The van der Waals surface area contributed by atoms with Gasteiger partial charge in [-0.2, -0.15) is 4.37 Å². The summed E-state index contributed by atoms with van der Waals surface area (Å²) in [5.41, 5.74) is 8.45. The predicted octanol–water partition coefficient (Wildman–Crippen LogP) is 4.18. The molecule has 2 aromatic rings. The number of nitrogen functional groups attached to an aromatic ring is 1. The van der Waals surface area contributed by atoms with E-state index in [4.69, 9.17) is 5.73 Å². The van der Waals surface area contributed by atoms with E-state index in [1.165, 1.54) is 22.7 Å². The van der Waals surface area contributed by atoms with Crippen LogP contribution in [-0.2, 0) is 6.54 Å². The van der Waals surface area contributed by atoms with E-state index in [0.29, 0.717) is 11.7 Å². The number of nitrogens with two attached hydrogens (primary N) is 1. The zero-order chi connectivity index (χ0) is 13.8. The molecule has 0 saturated heterocycles. The highest BCUT2D eigenvalue weighted by molar-refractivity contribution is 7.99. The first-order valence-electron chi connectivity index (χ1n) is 6.23. The Morgan fingerprint density at radius 3 is 2.58 bits per heavy atom. The molecule has 102 valence electrons. The average Bonchev–Trinajstić information content (AvgIpc) is 2.77. The topological polar surface area (TPSA) is 50.9 Å². The Bertz CT molecular complexity index is 532. The highest BCUT2D eigenvalue weighted by Gasteiger charge is 2.09. The van der Waals surface area contributed by atoms with Gasteiger partial charge in [-0.25, -0.2) is 0 Å². The first kappa shape index (κ1) is 14.2. The van der Waals surface area contributed by atoms with Gasteiger partial charge < -0.3 is 11.1 Å². The van der Waals surface area contributed by atoms with E-state index >= 15 is 0 Å². The van der Waals surface area contributed by atoms with Crippen LogP contribution in [0.3, 0.4) is 0 Å². The lowest BCUT2D eigenvalue weighted by Crippen LogP contribution is -1.99. The lowest BCUT2D eigenvalue weighted by atomic mass is 10.0. The Labute approximate surface area is 122 Å². The smallest absolute Gasteiger partial charge is 0.153 e. The molecule has 5 heteroatoms. The molecule has 0 unspecified atom stereocenters. The predicted molar refractivity (Wildman–Crippen MR) is 86.2 cm³/mol. The molecule has 0 fully saturated rings. The fraction of sp³-hybridized carbons (Fsp3) is 0.357. The summed E-state index contributed by atoms with van der Waals surface area (Å²) in [7, 11) is 0. The second kappa shape index (κ2) is 6.30. The van der Waals surface area contributed by atoms with Crippen molar-refractivity contribution < 1.29 is 0 Å². The van der Waals surface area contributed by atoms with Crippen molar-refractivity contribution in [3.05, 3.63) is 35.4 Å². The van der Waals surface area contributed by atoms with Crippen LogP contribution < -0.4 is 11.1 Å².